The fourth-order valence-electron chi connectivity index (χ4n) is 12.6. The summed E-state index contributed by atoms with van der Waals surface area (Å²) in [6, 6.07) is 0. The summed E-state index contributed by atoms with van der Waals surface area (Å²) in [6.45, 7) is 9.64. The van der Waals surface area contributed by atoms with Gasteiger partial charge >= 0.3 is 39.5 Å². The lowest BCUT2D eigenvalue weighted by molar-refractivity contribution is -0.161. The van der Waals surface area contributed by atoms with Crippen LogP contribution in [0.4, 0.5) is 0 Å². The Labute approximate surface area is 619 Å². The Morgan fingerprint density at radius 1 is 0.277 bits per heavy atom. The van der Waals surface area contributed by atoms with Crippen molar-refractivity contribution in [2.24, 2.45) is 11.8 Å². The van der Waals surface area contributed by atoms with Gasteiger partial charge in [-0.25, -0.2) is 9.13 Å². The van der Waals surface area contributed by atoms with E-state index in [0.29, 0.717) is 25.7 Å². The number of phosphoric acid groups is 2. The molecule has 0 aromatic heterocycles. The summed E-state index contributed by atoms with van der Waals surface area (Å²) in [5.41, 5.74) is 0. The van der Waals surface area contributed by atoms with E-state index in [0.717, 1.165) is 102 Å². The lowest BCUT2D eigenvalue weighted by atomic mass is 9.99. The Bertz CT molecular complexity index is 1950. The molecule has 0 heterocycles. The van der Waals surface area contributed by atoms with E-state index in [-0.39, 0.29) is 25.7 Å². The number of ether oxygens (including phenoxy) is 4. The molecule has 3 N–H and O–H groups in total. The van der Waals surface area contributed by atoms with Crippen LogP contribution in [-0.2, 0) is 65.4 Å². The Balaban J connectivity index is 5.24. The summed E-state index contributed by atoms with van der Waals surface area (Å²) in [5, 5.41) is 10.6. The molecule has 0 radical (unpaired) electrons. The number of rotatable bonds is 81. The van der Waals surface area contributed by atoms with Gasteiger partial charge in [-0.15, -0.1) is 0 Å². The van der Waals surface area contributed by atoms with Crippen molar-refractivity contribution >= 4 is 39.5 Å². The molecule has 0 spiro atoms. The first-order chi connectivity index (χ1) is 48.9. The fraction of sp³-hybridized carbons (Fsp3) is 0.951. The molecular weight excluding hydrogens is 1320 g/mol. The molecule has 19 heteroatoms. The van der Waals surface area contributed by atoms with Crippen molar-refractivity contribution in [2.45, 2.75) is 452 Å². The van der Waals surface area contributed by atoms with Crippen LogP contribution in [0.3, 0.4) is 0 Å². The van der Waals surface area contributed by atoms with Gasteiger partial charge in [0.25, 0.3) is 0 Å². The molecule has 0 aliphatic rings. The zero-order valence-electron chi connectivity index (χ0n) is 66.2. The molecule has 0 aromatic carbocycles. The number of carbonyl (C=O) groups excluding carboxylic acids is 4. The molecule has 101 heavy (non-hydrogen) atoms. The van der Waals surface area contributed by atoms with E-state index < -0.39 is 97.5 Å². The number of hydrogen-bond acceptors (Lipinski definition) is 15. The van der Waals surface area contributed by atoms with Crippen LogP contribution in [0.15, 0.2) is 0 Å². The van der Waals surface area contributed by atoms with Gasteiger partial charge in [0.05, 0.1) is 26.4 Å². The maximum atomic E-state index is 13.1. The number of aliphatic hydroxyl groups excluding tert-OH is 1. The highest BCUT2D eigenvalue weighted by molar-refractivity contribution is 7.47. The van der Waals surface area contributed by atoms with Crippen LogP contribution in [0, 0.1) is 11.8 Å². The third-order valence-electron chi connectivity index (χ3n) is 19.9. The van der Waals surface area contributed by atoms with Gasteiger partial charge in [0.2, 0.25) is 0 Å². The molecular formula is C82H160O17P2. The van der Waals surface area contributed by atoms with Gasteiger partial charge in [0.15, 0.2) is 12.2 Å². The molecule has 0 aromatic rings. The van der Waals surface area contributed by atoms with Crippen LogP contribution < -0.4 is 0 Å². The van der Waals surface area contributed by atoms with Crippen LogP contribution in [0.1, 0.15) is 433 Å². The summed E-state index contributed by atoms with van der Waals surface area (Å²) >= 11 is 0. The Hall–Kier alpha value is -1.94. The molecule has 17 nitrogen and oxygen atoms in total. The average molecular weight is 1480 g/mol. The summed E-state index contributed by atoms with van der Waals surface area (Å²) in [6.07, 6.45) is 63.8. The van der Waals surface area contributed by atoms with E-state index in [4.69, 9.17) is 37.0 Å². The van der Waals surface area contributed by atoms with Crippen molar-refractivity contribution in [1.82, 2.24) is 0 Å². The SMILES string of the molecule is CCCCCCCCCCCCCCCCCCCCCCCC(=O)O[C@H](COC(=O)CCCCCCCCCCCCCCCCCC)COP(=O)(O)OC[C@@H](O)COP(=O)(O)OC[C@@H](COC(=O)CCCCCCCCCCC(C)CC)OC(=O)CCCCCCCCCCC(C)CC. The first-order valence-electron chi connectivity index (χ1n) is 42.6. The van der Waals surface area contributed by atoms with Gasteiger partial charge in [-0.05, 0) is 37.5 Å². The first-order valence-corrected chi connectivity index (χ1v) is 45.6. The average Bonchev–Trinajstić information content (AvgIpc) is 0.933. The van der Waals surface area contributed by atoms with Crippen LogP contribution in [0.5, 0.6) is 0 Å². The molecule has 0 rings (SSSR count). The zero-order valence-corrected chi connectivity index (χ0v) is 68.0. The van der Waals surface area contributed by atoms with Gasteiger partial charge in [0.1, 0.15) is 19.3 Å². The van der Waals surface area contributed by atoms with E-state index in [2.05, 4.69) is 41.5 Å². The number of unbranched alkanes of at least 4 members (excludes halogenated alkanes) is 49. The third-order valence-corrected chi connectivity index (χ3v) is 21.8. The number of phosphoric ester groups is 2. The van der Waals surface area contributed by atoms with Crippen LogP contribution >= 0.6 is 15.6 Å². The second-order valence-corrected chi connectivity index (χ2v) is 32.9. The standard InChI is InChI=1S/C82H160O17P2/c1-7-11-13-15-17-19-21-23-25-27-28-29-30-31-33-35-37-39-48-54-60-66-81(86)98-77(70-92-79(84)64-58-52-46-38-36-34-32-26-24-22-20-18-16-14-12-8-2)72-96-100(88,89)94-68-76(83)69-95-101(90,91)97-73-78(99-82(87)67-61-55-49-43-41-45-51-57-63-75(6)10-4)71-93-80(85)65-59-53-47-42-40-44-50-56-62-74(5)9-3/h74-78,83H,7-73H2,1-6H3,(H,88,89)(H,90,91)/t74?,75?,76-,77-,78-/m1/s1. The van der Waals surface area contributed by atoms with E-state index in [1.54, 1.807) is 0 Å². The largest absolute Gasteiger partial charge is 0.472 e. The highest BCUT2D eigenvalue weighted by Crippen LogP contribution is 2.45. The monoisotopic (exact) mass is 1480 g/mol. The topological polar surface area (TPSA) is 237 Å². The van der Waals surface area contributed by atoms with Crippen molar-refractivity contribution in [1.29, 1.82) is 0 Å². The van der Waals surface area contributed by atoms with Crippen LogP contribution in [0.25, 0.3) is 0 Å². The minimum atomic E-state index is -4.96. The first kappa shape index (κ1) is 99.1. The third kappa shape index (κ3) is 73.4. The van der Waals surface area contributed by atoms with Crippen molar-refractivity contribution in [3.8, 4) is 0 Å². The molecule has 4 unspecified atom stereocenters. The lowest BCUT2D eigenvalue weighted by Crippen LogP contribution is -2.30. The van der Waals surface area contributed by atoms with Gasteiger partial charge in [0, 0.05) is 25.7 Å². The summed E-state index contributed by atoms with van der Waals surface area (Å²) < 4.78 is 68.8. The normalized spacial score (nSPS) is 14.4. The Morgan fingerprint density at radius 2 is 0.475 bits per heavy atom. The number of esters is 4. The van der Waals surface area contributed by atoms with Crippen LogP contribution in [0.2, 0.25) is 0 Å². The van der Waals surface area contributed by atoms with Gasteiger partial charge < -0.3 is 33.8 Å². The van der Waals surface area contributed by atoms with Gasteiger partial charge in [-0.1, -0.05) is 382 Å². The molecule has 0 fully saturated rings. The van der Waals surface area contributed by atoms with Crippen molar-refractivity contribution in [3.05, 3.63) is 0 Å². The predicted octanol–water partition coefficient (Wildman–Crippen LogP) is 24.7. The maximum absolute atomic E-state index is 13.1. The summed E-state index contributed by atoms with van der Waals surface area (Å²) in [5.74, 6) is -0.563. The zero-order chi connectivity index (χ0) is 74.2. The van der Waals surface area contributed by atoms with E-state index in [1.165, 1.54) is 250 Å². The van der Waals surface area contributed by atoms with Gasteiger partial charge in [-0.2, -0.15) is 0 Å². The molecule has 0 aliphatic carbocycles. The Morgan fingerprint density at radius 3 is 0.703 bits per heavy atom. The van der Waals surface area contributed by atoms with Gasteiger partial charge in [-0.3, -0.25) is 37.3 Å². The highest BCUT2D eigenvalue weighted by Gasteiger charge is 2.30. The van der Waals surface area contributed by atoms with Crippen molar-refractivity contribution < 1.29 is 80.2 Å². The number of carbonyl (C=O) groups is 4. The smallest absolute Gasteiger partial charge is 0.462 e. The minimum Gasteiger partial charge on any atom is -0.462 e. The van der Waals surface area contributed by atoms with Crippen molar-refractivity contribution in [2.75, 3.05) is 39.6 Å². The molecule has 0 saturated carbocycles. The molecule has 0 aliphatic heterocycles. The molecule has 0 amide bonds. The molecule has 7 atom stereocenters. The predicted molar refractivity (Wildman–Crippen MR) is 414 cm³/mol. The number of aliphatic hydroxyl groups is 1. The van der Waals surface area contributed by atoms with E-state index >= 15 is 0 Å². The second kappa shape index (κ2) is 73.6. The molecule has 600 valence electrons. The Kier molecular flexibility index (Phi) is 72.2. The second-order valence-electron chi connectivity index (χ2n) is 30.0. The summed E-state index contributed by atoms with van der Waals surface area (Å²) in [7, 11) is -9.92. The van der Waals surface area contributed by atoms with Crippen LogP contribution in [-0.4, -0.2) is 96.7 Å². The minimum absolute atomic E-state index is 0.105. The highest BCUT2D eigenvalue weighted by atomic mass is 31.2. The molecule has 0 bridgehead atoms. The lowest BCUT2D eigenvalue weighted by Gasteiger charge is -2.21. The molecule has 0 saturated heterocycles. The maximum Gasteiger partial charge on any atom is 0.472 e. The van der Waals surface area contributed by atoms with Crippen molar-refractivity contribution in [3.63, 3.8) is 0 Å². The fourth-order valence-corrected chi connectivity index (χ4v) is 14.2. The van der Waals surface area contributed by atoms with E-state index in [1.807, 2.05) is 0 Å². The number of hydrogen-bond donors (Lipinski definition) is 3. The van der Waals surface area contributed by atoms with E-state index in [9.17, 15) is 43.2 Å². The quantitative estimate of drug-likeness (QED) is 0.0222. The summed E-state index contributed by atoms with van der Waals surface area (Å²) in [4.78, 5) is 73.1.